The summed E-state index contributed by atoms with van der Waals surface area (Å²) in [6, 6.07) is 14.1. The molecule has 1 amide bonds. The minimum atomic E-state index is -4.69. The molecule has 0 bridgehead atoms. The Hall–Kier alpha value is -3.40. The molecule has 5 nitrogen and oxygen atoms in total. The lowest BCUT2D eigenvalue weighted by Gasteiger charge is -2.27. The fraction of sp³-hybridized carbons (Fsp3) is 0.208. The van der Waals surface area contributed by atoms with Crippen molar-refractivity contribution in [3.05, 3.63) is 95.3 Å². The predicted molar refractivity (Wildman–Crippen MR) is 117 cm³/mol. The van der Waals surface area contributed by atoms with Crippen LogP contribution in [-0.2, 0) is 22.8 Å². The first-order valence-electron chi connectivity index (χ1n) is 10.1. The molecule has 0 saturated carbocycles. The molecule has 34 heavy (non-hydrogen) atoms. The Bertz CT molecular complexity index is 1260. The fourth-order valence-electron chi connectivity index (χ4n) is 3.10. The van der Waals surface area contributed by atoms with Gasteiger partial charge >= 0.3 is 16.3 Å². The number of rotatable bonds is 7. The van der Waals surface area contributed by atoms with Gasteiger partial charge in [-0.3, -0.25) is 4.79 Å². The quantitative estimate of drug-likeness (QED) is 0.313. The highest BCUT2D eigenvalue weighted by atomic mass is 32.2. The number of benzene rings is 3. The average Bonchev–Trinajstić information content (AvgIpc) is 2.78. The van der Waals surface area contributed by atoms with Gasteiger partial charge in [-0.15, -0.1) is 0 Å². The Balaban J connectivity index is 1.75. The van der Waals surface area contributed by atoms with Gasteiger partial charge in [0.2, 0.25) is 0 Å². The number of carbonyl (C=O) groups is 1. The molecule has 0 aromatic heterocycles. The van der Waals surface area contributed by atoms with Gasteiger partial charge in [0.05, 0.1) is 5.56 Å². The van der Waals surface area contributed by atoms with E-state index in [1.165, 1.54) is 36.4 Å². The smallest absolute Gasteiger partial charge is 0.379 e. The first-order chi connectivity index (χ1) is 15.9. The summed E-state index contributed by atoms with van der Waals surface area (Å²) >= 11 is 0. The van der Waals surface area contributed by atoms with E-state index in [4.69, 9.17) is 4.18 Å². The van der Waals surface area contributed by atoms with Crippen molar-refractivity contribution in [3.63, 3.8) is 0 Å². The van der Waals surface area contributed by atoms with E-state index in [2.05, 4.69) is 0 Å². The standard InChI is InChI=1S/C24H21F4NO4S/c1-16(2)29(23(30)18-8-10-20(25)11-9-18)15-17-6-12-21(13-7-17)33-34(31,32)22-5-3-4-19(14-22)24(26,27)28/h3-14,16H,15H2,1-2H3. The van der Waals surface area contributed by atoms with Gasteiger partial charge in [0.1, 0.15) is 16.5 Å². The molecule has 0 fully saturated rings. The molecule has 10 heteroatoms. The summed E-state index contributed by atoms with van der Waals surface area (Å²) in [6.45, 7) is 3.83. The zero-order valence-electron chi connectivity index (χ0n) is 18.2. The molecule has 3 aromatic carbocycles. The summed E-state index contributed by atoms with van der Waals surface area (Å²) in [5.74, 6) is -0.854. The summed E-state index contributed by atoms with van der Waals surface area (Å²) in [6.07, 6.45) is -4.69. The molecule has 0 saturated heterocycles. The van der Waals surface area contributed by atoms with E-state index in [0.29, 0.717) is 17.2 Å². The summed E-state index contributed by atoms with van der Waals surface area (Å²) in [5.41, 5.74) is -0.123. The Morgan fingerprint density at radius 1 is 0.971 bits per heavy atom. The first kappa shape index (κ1) is 25.2. The molecule has 0 heterocycles. The minimum absolute atomic E-state index is 0.0953. The van der Waals surface area contributed by atoms with Gasteiger partial charge < -0.3 is 9.08 Å². The number of halogens is 4. The van der Waals surface area contributed by atoms with Crippen molar-refractivity contribution < 1.29 is 35.0 Å². The van der Waals surface area contributed by atoms with E-state index in [9.17, 15) is 30.8 Å². The normalized spacial score (nSPS) is 12.0. The van der Waals surface area contributed by atoms with Gasteiger partial charge in [0, 0.05) is 18.2 Å². The Morgan fingerprint density at radius 3 is 2.15 bits per heavy atom. The predicted octanol–water partition coefficient (Wildman–Crippen LogP) is 5.66. The van der Waals surface area contributed by atoms with Crippen LogP contribution in [0.5, 0.6) is 5.75 Å². The first-order valence-corrected chi connectivity index (χ1v) is 11.5. The van der Waals surface area contributed by atoms with E-state index in [0.717, 1.165) is 18.2 Å². The van der Waals surface area contributed by atoms with Gasteiger partial charge in [-0.25, -0.2) is 4.39 Å². The number of nitrogens with zero attached hydrogens (tertiary/aromatic N) is 1. The van der Waals surface area contributed by atoms with Crippen LogP contribution >= 0.6 is 0 Å². The molecule has 3 aromatic rings. The highest BCUT2D eigenvalue weighted by molar-refractivity contribution is 7.87. The van der Waals surface area contributed by atoms with Crippen LogP contribution in [0.15, 0.2) is 77.7 Å². The van der Waals surface area contributed by atoms with Crippen LogP contribution in [0.1, 0.15) is 35.3 Å². The van der Waals surface area contributed by atoms with Crippen LogP contribution in [0.25, 0.3) is 0 Å². The second kappa shape index (κ2) is 9.84. The van der Waals surface area contributed by atoms with Gasteiger partial charge in [-0.05, 0) is 74.0 Å². The zero-order valence-corrected chi connectivity index (χ0v) is 19.0. The van der Waals surface area contributed by atoms with Crippen LogP contribution in [-0.4, -0.2) is 25.3 Å². The lowest BCUT2D eigenvalue weighted by Crippen LogP contribution is -2.36. The molecule has 0 atom stereocenters. The number of amides is 1. The molecule has 180 valence electrons. The Kier molecular flexibility index (Phi) is 7.30. The van der Waals surface area contributed by atoms with E-state index in [1.54, 1.807) is 17.0 Å². The minimum Gasteiger partial charge on any atom is -0.379 e. The molecule has 0 aliphatic carbocycles. The largest absolute Gasteiger partial charge is 0.416 e. The molecule has 0 spiro atoms. The van der Waals surface area contributed by atoms with Crippen molar-refractivity contribution in [1.82, 2.24) is 4.90 Å². The van der Waals surface area contributed by atoms with Gasteiger partial charge in [-0.2, -0.15) is 21.6 Å². The third-order valence-corrected chi connectivity index (χ3v) is 6.15. The molecule has 0 unspecified atom stereocenters. The molecular weight excluding hydrogens is 474 g/mol. The number of carbonyl (C=O) groups excluding carboxylic acids is 1. The molecule has 0 aliphatic heterocycles. The van der Waals surface area contributed by atoms with Gasteiger partial charge in [0.25, 0.3) is 5.91 Å². The fourth-order valence-corrected chi connectivity index (χ4v) is 4.07. The lowest BCUT2D eigenvalue weighted by molar-refractivity contribution is -0.137. The topological polar surface area (TPSA) is 63.7 Å². The maximum Gasteiger partial charge on any atom is 0.416 e. The number of hydrogen-bond donors (Lipinski definition) is 0. The Labute approximate surface area is 194 Å². The molecule has 0 radical (unpaired) electrons. The third kappa shape index (κ3) is 6.13. The van der Waals surface area contributed by atoms with Crippen LogP contribution in [0.2, 0.25) is 0 Å². The third-order valence-electron chi connectivity index (χ3n) is 4.91. The Morgan fingerprint density at radius 2 is 1.59 bits per heavy atom. The van der Waals surface area contributed by atoms with E-state index in [-0.39, 0.29) is 24.2 Å². The molecule has 0 aliphatic rings. The van der Waals surface area contributed by atoms with E-state index >= 15 is 0 Å². The summed E-state index contributed by atoms with van der Waals surface area (Å²) < 4.78 is 81.7. The average molecular weight is 495 g/mol. The van der Waals surface area contributed by atoms with Crippen molar-refractivity contribution in [2.45, 2.75) is 37.5 Å². The lowest BCUT2D eigenvalue weighted by atomic mass is 10.1. The van der Waals surface area contributed by atoms with Crippen molar-refractivity contribution in [2.24, 2.45) is 0 Å². The SMILES string of the molecule is CC(C)N(Cc1ccc(OS(=O)(=O)c2cccc(C(F)(F)F)c2)cc1)C(=O)c1ccc(F)cc1. The van der Waals surface area contributed by atoms with Gasteiger partial charge in [-0.1, -0.05) is 18.2 Å². The number of alkyl halides is 3. The second-order valence-electron chi connectivity index (χ2n) is 7.74. The molecule has 0 N–H and O–H groups in total. The summed E-state index contributed by atoms with van der Waals surface area (Å²) in [4.78, 5) is 13.8. The summed E-state index contributed by atoms with van der Waals surface area (Å²) in [5, 5.41) is 0. The van der Waals surface area contributed by atoms with Crippen LogP contribution in [0.4, 0.5) is 17.6 Å². The van der Waals surface area contributed by atoms with Crippen LogP contribution in [0, 0.1) is 5.82 Å². The molecule has 3 rings (SSSR count). The monoisotopic (exact) mass is 495 g/mol. The van der Waals surface area contributed by atoms with E-state index in [1.807, 2.05) is 13.8 Å². The highest BCUT2D eigenvalue weighted by Crippen LogP contribution is 2.31. The second-order valence-corrected chi connectivity index (χ2v) is 9.29. The van der Waals surface area contributed by atoms with Crippen molar-refractivity contribution in [2.75, 3.05) is 0 Å². The molecular formula is C24H21F4NO4S. The highest BCUT2D eigenvalue weighted by Gasteiger charge is 2.32. The maximum atomic E-state index is 13.2. The summed E-state index contributed by atoms with van der Waals surface area (Å²) in [7, 11) is -4.49. The van der Waals surface area contributed by atoms with E-state index < -0.39 is 32.6 Å². The van der Waals surface area contributed by atoms with Crippen LogP contribution < -0.4 is 4.18 Å². The zero-order chi connectivity index (χ0) is 25.1. The van der Waals surface area contributed by atoms with Crippen LogP contribution in [0.3, 0.4) is 0 Å². The van der Waals surface area contributed by atoms with Crippen molar-refractivity contribution >= 4 is 16.0 Å². The van der Waals surface area contributed by atoms with Crippen molar-refractivity contribution in [1.29, 1.82) is 0 Å². The van der Waals surface area contributed by atoms with Gasteiger partial charge in [0.15, 0.2) is 0 Å². The number of hydrogen-bond acceptors (Lipinski definition) is 4. The van der Waals surface area contributed by atoms with Crippen molar-refractivity contribution in [3.8, 4) is 5.75 Å². The maximum absolute atomic E-state index is 13.2.